The molecule has 1 atom stereocenters. The molecular weight excluding hydrogens is 198 g/mol. The van der Waals surface area contributed by atoms with Gasteiger partial charge in [-0.25, -0.2) is 0 Å². The van der Waals surface area contributed by atoms with Crippen molar-refractivity contribution in [1.29, 1.82) is 0 Å². The number of rotatable bonds is 4. The molecule has 0 saturated heterocycles. The van der Waals surface area contributed by atoms with Gasteiger partial charge in [-0.15, -0.1) is 0 Å². The van der Waals surface area contributed by atoms with Gasteiger partial charge >= 0.3 is 0 Å². The maximum Gasteiger partial charge on any atom is 0.0657 e. The molecule has 2 nitrogen and oxygen atoms in total. The third kappa shape index (κ3) is 2.98. The average Bonchev–Trinajstić information content (AvgIpc) is 2.12. The van der Waals surface area contributed by atoms with Gasteiger partial charge in [-0.1, -0.05) is 17.7 Å². The lowest BCUT2D eigenvalue weighted by atomic mass is 10.1. The quantitative estimate of drug-likeness (QED) is 0.830. The van der Waals surface area contributed by atoms with Crippen LogP contribution in [0.15, 0.2) is 18.2 Å². The first kappa shape index (κ1) is 11.5. The van der Waals surface area contributed by atoms with Gasteiger partial charge in [0.1, 0.15) is 0 Å². The van der Waals surface area contributed by atoms with Crippen LogP contribution >= 0.6 is 11.6 Å². The minimum absolute atomic E-state index is 0.206. The number of hydrogen-bond acceptors (Lipinski definition) is 2. The Morgan fingerprint density at radius 2 is 2.14 bits per heavy atom. The maximum atomic E-state index is 5.98. The Hall–Kier alpha value is -0.570. The van der Waals surface area contributed by atoms with E-state index in [1.807, 2.05) is 26.1 Å². The highest BCUT2D eigenvalue weighted by atomic mass is 35.5. The van der Waals surface area contributed by atoms with E-state index in [0.29, 0.717) is 6.61 Å². The SMILES string of the molecule is CNC(COC)c1cc(C)cc(Cl)c1. The first-order chi connectivity index (χ1) is 6.67. The molecule has 14 heavy (non-hydrogen) atoms. The average molecular weight is 214 g/mol. The normalized spacial score (nSPS) is 12.9. The number of methoxy groups -OCH3 is 1. The summed E-state index contributed by atoms with van der Waals surface area (Å²) in [5.41, 5.74) is 2.34. The summed E-state index contributed by atoms with van der Waals surface area (Å²) in [4.78, 5) is 0. The van der Waals surface area contributed by atoms with Gasteiger partial charge in [0.15, 0.2) is 0 Å². The zero-order valence-electron chi connectivity index (χ0n) is 8.80. The van der Waals surface area contributed by atoms with Crippen LogP contribution in [0.4, 0.5) is 0 Å². The largest absolute Gasteiger partial charge is 0.383 e. The van der Waals surface area contributed by atoms with E-state index >= 15 is 0 Å². The molecular formula is C11H16ClNO. The molecule has 0 spiro atoms. The molecule has 3 heteroatoms. The molecule has 1 unspecified atom stereocenters. The number of halogens is 1. The van der Waals surface area contributed by atoms with Crippen molar-refractivity contribution in [3.05, 3.63) is 34.3 Å². The minimum atomic E-state index is 0.206. The van der Waals surface area contributed by atoms with Crippen LogP contribution in [0, 0.1) is 6.92 Å². The second-order valence-electron chi connectivity index (χ2n) is 3.36. The lowest BCUT2D eigenvalue weighted by Gasteiger charge is -2.16. The molecule has 1 N–H and O–H groups in total. The van der Waals surface area contributed by atoms with Crippen LogP contribution in [0.1, 0.15) is 17.2 Å². The van der Waals surface area contributed by atoms with Crippen LogP contribution in [-0.4, -0.2) is 20.8 Å². The minimum Gasteiger partial charge on any atom is -0.383 e. The molecule has 0 aliphatic carbocycles. The van der Waals surface area contributed by atoms with E-state index in [9.17, 15) is 0 Å². The van der Waals surface area contributed by atoms with Gasteiger partial charge in [0, 0.05) is 12.1 Å². The van der Waals surface area contributed by atoms with Crippen molar-refractivity contribution >= 4 is 11.6 Å². The molecule has 1 rings (SSSR count). The number of hydrogen-bond donors (Lipinski definition) is 1. The number of likely N-dealkylation sites (N-methyl/N-ethyl adjacent to an activating group) is 1. The van der Waals surface area contributed by atoms with E-state index in [2.05, 4.69) is 11.4 Å². The summed E-state index contributed by atoms with van der Waals surface area (Å²) in [7, 11) is 3.61. The van der Waals surface area contributed by atoms with E-state index in [4.69, 9.17) is 16.3 Å². The zero-order valence-corrected chi connectivity index (χ0v) is 9.56. The van der Waals surface area contributed by atoms with Crippen molar-refractivity contribution in [2.45, 2.75) is 13.0 Å². The second-order valence-corrected chi connectivity index (χ2v) is 3.79. The lowest BCUT2D eigenvalue weighted by Crippen LogP contribution is -2.21. The van der Waals surface area contributed by atoms with Gasteiger partial charge in [-0.3, -0.25) is 0 Å². The van der Waals surface area contributed by atoms with Crippen LogP contribution in [0.5, 0.6) is 0 Å². The summed E-state index contributed by atoms with van der Waals surface area (Å²) < 4.78 is 5.12. The Morgan fingerprint density at radius 1 is 1.43 bits per heavy atom. The molecule has 0 aliphatic heterocycles. The lowest BCUT2D eigenvalue weighted by molar-refractivity contribution is 0.170. The Kier molecular flexibility index (Phi) is 4.39. The first-order valence-corrected chi connectivity index (χ1v) is 4.98. The third-order valence-corrected chi connectivity index (χ3v) is 2.37. The van der Waals surface area contributed by atoms with Crippen LogP contribution in [0.25, 0.3) is 0 Å². The fraction of sp³-hybridized carbons (Fsp3) is 0.455. The van der Waals surface area contributed by atoms with Crippen molar-refractivity contribution < 1.29 is 4.74 Å². The molecule has 1 aromatic rings. The standard InChI is InChI=1S/C11H16ClNO/c1-8-4-9(6-10(12)5-8)11(13-2)7-14-3/h4-6,11,13H,7H2,1-3H3. The number of nitrogens with one attached hydrogen (secondary N) is 1. The van der Waals surface area contributed by atoms with Gasteiger partial charge in [0.05, 0.1) is 12.6 Å². The summed E-state index contributed by atoms with van der Waals surface area (Å²) in [6, 6.07) is 6.24. The number of benzene rings is 1. The predicted molar refractivity (Wildman–Crippen MR) is 59.9 cm³/mol. The Morgan fingerprint density at radius 3 is 2.64 bits per heavy atom. The van der Waals surface area contributed by atoms with Crippen molar-refractivity contribution in [2.75, 3.05) is 20.8 Å². The molecule has 78 valence electrons. The number of ether oxygens (including phenoxy) is 1. The monoisotopic (exact) mass is 213 g/mol. The molecule has 0 radical (unpaired) electrons. The summed E-state index contributed by atoms with van der Waals surface area (Å²) >= 11 is 5.98. The fourth-order valence-corrected chi connectivity index (χ4v) is 1.78. The van der Waals surface area contributed by atoms with Crippen LogP contribution in [0.2, 0.25) is 5.02 Å². The van der Waals surface area contributed by atoms with Crippen molar-refractivity contribution in [3.8, 4) is 0 Å². The highest BCUT2D eigenvalue weighted by Gasteiger charge is 2.09. The molecule has 0 amide bonds. The fourth-order valence-electron chi connectivity index (χ4n) is 1.48. The smallest absolute Gasteiger partial charge is 0.0657 e. The Bertz CT molecular complexity index is 281. The van der Waals surface area contributed by atoms with E-state index in [0.717, 1.165) is 5.02 Å². The molecule has 0 aromatic heterocycles. The number of aryl methyl sites for hydroxylation is 1. The van der Waals surface area contributed by atoms with Crippen molar-refractivity contribution in [2.24, 2.45) is 0 Å². The van der Waals surface area contributed by atoms with Crippen molar-refractivity contribution in [1.82, 2.24) is 5.32 Å². The van der Waals surface area contributed by atoms with Crippen molar-refractivity contribution in [3.63, 3.8) is 0 Å². The van der Waals surface area contributed by atoms with Gasteiger partial charge < -0.3 is 10.1 Å². The van der Waals surface area contributed by atoms with Crippen LogP contribution in [-0.2, 0) is 4.74 Å². The molecule has 0 fully saturated rings. The first-order valence-electron chi connectivity index (χ1n) is 4.60. The van der Waals surface area contributed by atoms with Gasteiger partial charge in [-0.05, 0) is 37.2 Å². The van der Waals surface area contributed by atoms with Gasteiger partial charge in [-0.2, -0.15) is 0 Å². The van der Waals surface area contributed by atoms with E-state index in [1.54, 1.807) is 7.11 Å². The Balaban J connectivity index is 2.91. The molecule has 0 aliphatic rings. The zero-order chi connectivity index (χ0) is 10.6. The Labute approximate surface area is 90.2 Å². The van der Waals surface area contributed by atoms with Crippen LogP contribution in [0.3, 0.4) is 0 Å². The molecule has 0 saturated carbocycles. The summed E-state index contributed by atoms with van der Waals surface area (Å²) in [5.74, 6) is 0. The summed E-state index contributed by atoms with van der Waals surface area (Å²) in [6.07, 6.45) is 0. The van der Waals surface area contributed by atoms with E-state index in [-0.39, 0.29) is 6.04 Å². The molecule has 0 bridgehead atoms. The van der Waals surface area contributed by atoms with Gasteiger partial charge in [0.2, 0.25) is 0 Å². The highest BCUT2D eigenvalue weighted by molar-refractivity contribution is 6.30. The molecule has 0 heterocycles. The molecule has 1 aromatic carbocycles. The maximum absolute atomic E-state index is 5.98. The van der Waals surface area contributed by atoms with Crippen LogP contribution < -0.4 is 5.32 Å². The summed E-state index contributed by atoms with van der Waals surface area (Å²) in [6.45, 7) is 2.69. The predicted octanol–water partition coefficient (Wildman–Crippen LogP) is 2.56. The van der Waals surface area contributed by atoms with E-state index < -0.39 is 0 Å². The topological polar surface area (TPSA) is 21.3 Å². The summed E-state index contributed by atoms with van der Waals surface area (Å²) in [5, 5.41) is 3.96. The van der Waals surface area contributed by atoms with E-state index in [1.165, 1.54) is 11.1 Å². The highest BCUT2D eigenvalue weighted by Crippen LogP contribution is 2.20. The second kappa shape index (κ2) is 5.35. The van der Waals surface area contributed by atoms with Gasteiger partial charge in [0.25, 0.3) is 0 Å². The third-order valence-electron chi connectivity index (χ3n) is 2.15.